The van der Waals surface area contributed by atoms with E-state index in [0.717, 1.165) is 52.9 Å². The largest absolute Gasteiger partial charge is 0.508 e. The number of aryl methyl sites for hydroxylation is 3. The lowest BCUT2D eigenvalue weighted by Crippen LogP contribution is -1.97. The van der Waals surface area contributed by atoms with Crippen LogP contribution in [0.2, 0.25) is 0 Å². The third-order valence-corrected chi connectivity index (χ3v) is 4.82. The third kappa shape index (κ3) is 5.40. The van der Waals surface area contributed by atoms with Crippen LogP contribution in [0.3, 0.4) is 0 Å². The van der Waals surface area contributed by atoms with Crippen molar-refractivity contribution in [2.24, 2.45) is 4.99 Å². The summed E-state index contributed by atoms with van der Waals surface area (Å²) in [6.07, 6.45) is 4.58. The molecule has 0 saturated carbocycles. The Bertz CT molecular complexity index is 891. The first-order valence-corrected chi connectivity index (χ1v) is 9.53. The maximum Gasteiger partial charge on any atom is 0.118 e. The highest BCUT2D eigenvalue weighted by atomic mass is 16.3. The van der Waals surface area contributed by atoms with Crippen LogP contribution in [0.25, 0.3) is 5.57 Å². The Balaban J connectivity index is 2.19. The van der Waals surface area contributed by atoms with Gasteiger partial charge in [0.25, 0.3) is 0 Å². The summed E-state index contributed by atoms with van der Waals surface area (Å²) in [5.41, 5.74) is 7.93. The van der Waals surface area contributed by atoms with Crippen LogP contribution in [0.15, 0.2) is 47.5 Å². The third-order valence-electron chi connectivity index (χ3n) is 4.82. The van der Waals surface area contributed by atoms with E-state index in [1.54, 1.807) is 6.07 Å². The average molecular weight is 363 g/mol. The number of hydrogen-bond donors (Lipinski definition) is 2. The molecular formula is C24H30N2O. The molecule has 0 spiro atoms. The van der Waals surface area contributed by atoms with Crippen LogP contribution in [0, 0.1) is 12.3 Å². The van der Waals surface area contributed by atoms with E-state index in [-0.39, 0.29) is 0 Å². The second-order valence-corrected chi connectivity index (χ2v) is 6.99. The molecule has 0 heterocycles. The Labute approximate surface area is 163 Å². The van der Waals surface area contributed by atoms with E-state index in [9.17, 15) is 5.11 Å². The van der Waals surface area contributed by atoms with Crippen LogP contribution in [-0.4, -0.2) is 16.5 Å². The number of hydrogen-bond acceptors (Lipinski definition) is 3. The smallest absolute Gasteiger partial charge is 0.118 e. The minimum absolute atomic E-state index is 0.375. The van der Waals surface area contributed by atoms with Gasteiger partial charge in [0.05, 0.1) is 5.69 Å². The Kier molecular flexibility index (Phi) is 7.12. The molecule has 0 aliphatic heterocycles. The van der Waals surface area contributed by atoms with Crippen LogP contribution >= 0.6 is 0 Å². The normalized spacial score (nSPS) is 12.3. The van der Waals surface area contributed by atoms with E-state index in [1.165, 1.54) is 5.56 Å². The van der Waals surface area contributed by atoms with Crippen LogP contribution in [0.1, 0.15) is 56.4 Å². The molecule has 0 aromatic heterocycles. The summed E-state index contributed by atoms with van der Waals surface area (Å²) in [4.78, 5) is 4.84. The van der Waals surface area contributed by atoms with Gasteiger partial charge in [0, 0.05) is 11.4 Å². The number of allylic oxidation sites excluding steroid dienone is 2. The lowest BCUT2D eigenvalue weighted by molar-refractivity contribution is 0.468. The monoisotopic (exact) mass is 362 g/mol. The van der Waals surface area contributed by atoms with Gasteiger partial charge in [-0.1, -0.05) is 37.3 Å². The molecule has 0 unspecified atom stereocenters. The summed E-state index contributed by atoms with van der Waals surface area (Å²) in [5.74, 6) is 0.375. The van der Waals surface area contributed by atoms with Crippen LogP contribution < -0.4 is 0 Å². The molecule has 0 aliphatic rings. The number of aliphatic imine (C=N–C) groups is 1. The molecule has 0 atom stereocenters. The van der Waals surface area contributed by atoms with Crippen molar-refractivity contribution in [2.75, 3.05) is 0 Å². The first-order chi connectivity index (χ1) is 12.8. The summed E-state index contributed by atoms with van der Waals surface area (Å²) >= 11 is 0. The molecule has 0 saturated heterocycles. The second kappa shape index (κ2) is 9.31. The van der Waals surface area contributed by atoms with Gasteiger partial charge in [-0.15, -0.1) is 0 Å². The van der Waals surface area contributed by atoms with E-state index < -0.39 is 0 Å². The summed E-state index contributed by atoms with van der Waals surface area (Å²) in [7, 11) is 0. The number of phenols is 1. The number of benzene rings is 2. The molecule has 0 radical (unpaired) electrons. The predicted octanol–water partition coefficient (Wildman–Crippen LogP) is 6.43. The molecule has 2 aromatic rings. The van der Waals surface area contributed by atoms with Gasteiger partial charge >= 0.3 is 0 Å². The quantitative estimate of drug-likeness (QED) is 0.548. The summed E-state index contributed by atoms with van der Waals surface area (Å²) in [6, 6.07) is 12.0. The molecule has 3 nitrogen and oxygen atoms in total. The van der Waals surface area contributed by atoms with Crippen molar-refractivity contribution in [1.82, 2.24) is 0 Å². The van der Waals surface area contributed by atoms with E-state index in [2.05, 4.69) is 45.0 Å². The number of nitrogens with zero attached hydrogens (tertiary/aromatic N) is 1. The van der Waals surface area contributed by atoms with Gasteiger partial charge in [-0.2, -0.15) is 0 Å². The van der Waals surface area contributed by atoms with Crippen molar-refractivity contribution < 1.29 is 5.11 Å². The van der Waals surface area contributed by atoms with Gasteiger partial charge in [-0.25, -0.2) is 0 Å². The summed E-state index contributed by atoms with van der Waals surface area (Å²) in [5, 5.41) is 17.8. The molecule has 0 amide bonds. The highest BCUT2D eigenvalue weighted by molar-refractivity contribution is 6.21. The van der Waals surface area contributed by atoms with E-state index in [0.29, 0.717) is 11.5 Å². The molecule has 0 fully saturated rings. The van der Waals surface area contributed by atoms with E-state index >= 15 is 0 Å². The Morgan fingerprint density at radius 2 is 1.89 bits per heavy atom. The van der Waals surface area contributed by atoms with Gasteiger partial charge in [0.2, 0.25) is 0 Å². The summed E-state index contributed by atoms with van der Waals surface area (Å²) in [6.45, 7) is 9.95. The molecule has 0 aliphatic carbocycles. The Morgan fingerprint density at radius 1 is 1.15 bits per heavy atom. The minimum atomic E-state index is 0.375. The molecule has 142 valence electrons. The van der Waals surface area contributed by atoms with Gasteiger partial charge in [0.15, 0.2) is 0 Å². The Hall–Kier alpha value is -2.68. The van der Waals surface area contributed by atoms with Gasteiger partial charge in [-0.3, -0.25) is 4.99 Å². The van der Waals surface area contributed by atoms with Crippen molar-refractivity contribution in [3.63, 3.8) is 0 Å². The lowest BCUT2D eigenvalue weighted by Gasteiger charge is -2.10. The fourth-order valence-electron chi connectivity index (χ4n) is 3.16. The predicted molar refractivity (Wildman–Crippen MR) is 117 cm³/mol. The topological polar surface area (TPSA) is 56.4 Å². The first-order valence-electron chi connectivity index (χ1n) is 9.53. The van der Waals surface area contributed by atoms with Crippen molar-refractivity contribution in [1.29, 1.82) is 5.41 Å². The number of aromatic hydroxyl groups is 1. The van der Waals surface area contributed by atoms with Crippen molar-refractivity contribution >= 4 is 22.7 Å². The van der Waals surface area contributed by atoms with Gasteiger partial charge in [-0.05, 0) is 86.9 Å². The summed E-state index contributed by atoms with van der Waals surface area (Å²) < 4.78 is 0. The van der Waals surface area contributed by atoms with Crippen molar-refractivity contribution in [3.05, 3.63) is 64.7 Å². The molecule has 2 aromatic carbocycles. The number of phenolic OH excluding ortho intramolecular Hbond substituents is 1. The van der Waals surface area contributed by atoms with Crippen LogP contribution in [0.4, 0.5) is 5.69 Å². The zero-order valence-electron chi connectivity index (χ0n) is 17.1. The number of nitrogens with one attached hydrogen (secondary N) is 1. The fraction of sp³-hybridized carbons (Fsp3) is 0.333. The van der Waals surface area contributed by atoms with E-state index in [4.69, 9.17) is 10.4 Å². The maximum atomic E-state index is 9.82. The SMILES string of the molecule is C/C=C(/C(C)=N)c1ccc(C)c(N=C(C)CCc2ccc(O)c(CC)c2)c1. The highest BCUT2D eigenvalue weighted by Gasteiger charge is 2.07. The van der Waals surface area contributed by atoms with E-state index in [1.807, 2.05) is 26.0 Å². The first kappa shape index (κ1) is 20.6. The Morgan fingerprint density at radius 3 is 2.52 bits per heavy atom. The van der Waals surface area contributed by atoms with Crippen LogP contribution in [0.5, 0.6) is 5.75 Å². The number of rotatable bonds is 7. The van der Waals surface area contributed by atoms with Crippen LogP contribution in [-0.2, 0) is 12.8 Å². The highest BCUT2D eigenvalue weighted by Crippen LogP contribution is 2.26. The molecule has 0 bridgehead atoms. The second-order valence-electron chi connectivity index (χ2n) is 6.99. The lowest BCUT2D eigenvalue weighted by atomic mass is 9.99. The molecule has 27 heavy (non-hydrogen) atoms. The van der Waals surface area contributed by atoms with Crippen molar-refractivity contribution in [2.45, 2.75) is 53.9 Å². The van der Waals surface area contributed by atoms with Gasteiger partial charge in [0.1, 0.15) is 5.75 Å². The zero-order chi connectivity index (χ0) is 20.0. The van der Waals surface area contributed by atoms with Crippen molar-refractivity contribution in [3.8, 4) is 5.75 Å². The van der Waals surface area contributed by atoms with Gasteiger partial charge < -0.3 is 10.5 Å². The molecular weight excluding hydrogens is 332 g/mol. The maximum absolute atomic E-state index is 9.82. The average Bonchev–Trinajstić information content (AvgIpc) is 2.64. The standard InChI is InChI=1S/C24H30N2O/c1-6-20-14-19(11-13-24(20)27)10-9-17(4)26-23-15-21(12-8-16(23)3)22(7-2)18(5)25/h7-8,11-15,25,27H,6,9-10H2,1-5H3/b22-7-,25-18?,26-17?. The fourth-order valence-corrected chi connectivity index (χ4v) is 3.16. The molecule has 3 heteroatoms. The molecule has 2 N–H and O–H groups in total. The zero-order valence-corrected chi connectivity index (χ0v) is 17.1. The molecule has 2 rings (SSSR count). The minimum Gasteiger partial charge on any atom is -0.508 e.